The lowest BCUT2D eigenvalue weighted by atomic mass is 9.90. The number of nitrogens with zero attached hydrogens (tertiary/aromatic N) is 6. The number of aromatic nitrogens is 5. The van der Waals surface area contributed by atoms with Crippen LogP contribution in [0.15, 0.2) is 29.3 Å². The molecule has 166 valence electrons. The Labute approximate surface area is 183 Å². The normalized spacial score (nSPS) is 21.7. The number of rotatable bonds is 3. The minimum absolute atomic E-state index is 0.0701. The van der Waals surface area contributed by atoms with Gasteiger partial charge in [-0.3, -0.25) is 19.4 Å². The molecule has 1 aliphatic carbocycles. The van der Waals surface area contributed by atoms with Crippen LogP contribution in [-0.2, 0) is 4.79 Å². The Bertz CT molecular complexity index is 1290. The van der Waals surface area contributed by atoms with E-state index in [-0.39, 0.29) is 28.7 Å². The van der Waals surface area contributed by atoms with Crippen molar-refractivity contribution < 1.29 is 9.59 Å². The topological polar surface area (TPSA) is 109 Å². The fourth-order valence-electron chi connectivity index (χ4n) is 5.19. The second kappa shape index (κ2) is 6.78. The van der Waals surface area contributed by atoms with Gasteiger partial charge in [-0.15, -0.1) is 5.10 Å². The van der Waals surface area contributed by atoms with Crippen molar-refractivity contribution in [1.82, 2.24) is 34.2 Å². The fraction of sp³-hybridized carbons (Fsp3) is 0.500. The number of hydrogen-bond donors (Lipinski definition) is 1. The van der Waals surface area contributed by atoms with Gasteiger partial charge in [0.05, 0.1) is 17.5 Å². The maximum absolute atomic E-state index is 13.2. The summed E-state index contributed by atoms with van der Waals surface area (Å²) in [6.45, 7) is 4.90. The van der Waals surface area contributed by atoms with Crippen molar-refractivity contribution in [3.63, 3.8) is 0 Å². The molecule has 3 aromatic heterocycles. The number of H-pyrrole nitrogens is 1. The van der Waals surface area contributed by atoms with Gasteiger partial charge in [0.25, 0.3) is 11.5 Å². The third kappa shape index (κ3) is 2.81. The molecule has 2 aliphatic heterocycles. The summed E-state index contributed by atoms with van der Waals surface area (Å²) in [5.41, 5.74) is 1.40. The Balaban J connectivity index is 1.17. The van der Waals surface area contributed by atoms with E-state index in [1.165, 1.54) is 15.4 Å². The fourth-order valence-corrected chi connectivity index (χ4v) is 5.19. The van der Waals surface area contributed by atoms with Gasteiger partial charge < -0.3 is 9.80 Å². The van der Waals surface area contributed by atoms with Crippen molar-refractivity contribution in [1.29, 1.82) is 0 Å². The van der Waals surface area contributed by atoms with Crippen LogP contribution in [0, 0.1) is 18.3 Å². The van der Waals surface area contributed by atoms with Gasteiger partial charge in [0, 0.05) is 38.3 Å². The Morgan fingerprint density at radius 1 is 1.16 bits per heavy atom. The molecule has 1 saturated carbocycles. The van der Waals surface area contributed by atoms with Crippen LogP contribution in [0.1, 0.15) is 41.7 Å². The summed E-state index contributed by atoms with van der Waals surface area (Å²) in [7, 11) is 0. The van der Waals surface area contributed by atoms with Gasteiger partial charge in [0.15, 0.2) is 0 Å². The van der Waals surface area contributed by atoms with Gasteiger partial charge in [-0.05, 0) is 50.2 Å². The lowest BCUT2D eigenvalue weighted by Gasteiger charge is -2.35. The van der Waals surface area contributed by atoms with Crippen molar-refractivity contribution in [3.05, 3.63) is 46.1 Å². The number of nitrogens with one attached hydrogen (secondary N) is 1. The van der Waals surface area contributed by atoms with E-state index in [2.05, 4.69) is 15.2 Å². The van der Waals surface area contributed by atoms with E-state index in [1.807, 2.05) is 9.80 Å². The summed E-state index contributed by atoms with van der Waals surface area (Å²) >= 11 is 0. The number of aromatic amines is 1. The molecule has 1 unspecified atom stereocenters. The molecule has 2 saturated heterocycles. The van der Waals surface area contributed by atoms with Crippen LogP contribution in [0.2, 0.25) is 0 Å². The Hall–Kier alpha value is -3.43. The highest BCUT2D eigenvalue weighted by Crippen LogP contribution is 2.60. The van der Waals surface area contributed by atoms with Gasteiger partial charge in [-0.2, -0.15) is 5.10 Å². The smallest absolute Gasteiger partial charge is 0.276 e. The molecule has 2 amide bonds. The molecule has 0 bridgehead atoms. The van der Waals surface area contributed by atoms with E-state index >= 15 is 0 Å². The molecule has 3 aromatic rings. The van der Waals surface area contributed by atoms with Crippen LogP contribution in [0.5, 0.6) is 0 Å². The molecule has 6 rings (SSSR count). The zero-order chi connectivity index (χ0) is 22.0. The number of carbonyl (C=O) groups is 2. The molecule has 10 nitrogen and oxygen atoms in total. The van der Waals surface area contributed by atoms with E-state index in [0.717, 1.165) is 38.8 Å². The third-order valence-electron chi connectivity index (χ3n) is 7.53. The van der Waals surface area contributed by atoms with E-state index in [1.54, 1.807) is 25.3 Å². The highest BCUT2D eigenvalue weighted by Gasteiger charge is 2.59. The molecular formula is C22H25N7O3. The van der Waals surface area contributed by atoms with Crippen LogP contribution in [0.25, 0.3) is 11.5 Å². The Kier molecular flexibility index (Phi) is 4.08. The van der Waals surface area contributed by atoms with Crippen molar-refractivity contribution in [3.8, 4) is 5.95 Å². The maximum atomic E-state index is 13.2. The van der Waals surface area contributed by atoms with Gasteiger partial charge in [0.2, 0.25) is 11.9 Å². The zero-order valence-corrected chi connectivity index (χ0v) is 18.0. The zero-order valence-electron chi connectivity index (χ0n) is 18.0. The second-order valence-corrected chi connectivity index (χ2v) is 9.26. The summed E-state index contributed by atoms with van der Waals surface area (Å²) in [6.07, 6.45) is 7.05. The van der Waals surface area contributed by atoms with Crippen LogP contribution in [-0.4, -0.2) is 72.2 Å². The van der Waals surface area contributed by atoms with Crippen molar-refractivity contribution in [2.45, 2.75) is 32.6 Å². The van der Waals surface area contributed by atoms with Gasteiger partial charge in [0.1, 0.15) is 5.52 Å². The summed E-state index contributed by atoms with van der Waals surface area (Å²) in [4.78, 5) is 44.6. The lowest BCUT2D eigenvalue weighted by molar-refractivity contribution is -0.137. The van der Waals surface area contributed by atoms with Crippen LogP contribution in [0.3, 0.4) is 0 Å². The van der Waals surface area contributed by atoms with Crippen molar-refractivity contribution >= 4 is 17.3 Å². The first-order valence-corrected chi connectivity index (χ1v) is 11.2. The number of hydrogen-bond acceptors (Lipinski definition) is 5. The molecule has 1 spiro atoms. The van der Waals surface area contributed by atoms with Crippen molar-refractivity contribution in [2.75, 3.05) is 26.2 Å². The van der Waals surface area contributed by atoms with Crippen LogP contribution < -0.4 is 5.56 Å². The van der Waals surface area contributed by atoms with Crippen LogP contribution >= 0.6 is 0 Å². The predicted molar refractivity (Wildman–Crippen MR) is 115 cm³/mol. The average Bonchev–Trinajstić information content (AvgIpc) is 3.07. The number of fused-ring (bicyclic) bond motifs is 1. The molecule has 1 N–H and O–H groups in total. The number of carbonyl (C=O) groups excluding carboxylic acids is 2. The lowest BCUT2D eigenvalue weighted by Crippen LogP contribution is -2.45. The molecular weight excluding hydrogens is 410 g/mol. The van der Waals surface area contributed by atoms with E-state index in [4.69, 9.17) is 0 Å². The maximum Gasteiger partial charge on any atom is 0.276 e. The van der Waals surface area contributed by atoms with Crippen LogP contribution in [0.4, 0.5) is 0 Å². The summed E-state index contributed by atoms with van der Waals surface area (Å²) < 4.78 is 2.98. The molecule has 1 atom stereocenters. The van der Waals surface area contributed by atoms with E-state index < -0.39 is 0 Å². The molecule has 0 aromatic carbocycles. The third-order valence-corrected chi connectivity index (χ3v) is 7.53. The van der Waals surface area contributed by atoms with Crippen molar-refractivity contribution in [2.24, 2.45) is 11.3 Å². The number of likely N-dealkylation sites (tertiary alicyclic amines) is 2. The molecule has 32 heavy (non-hydrogen) atoms. The van der Waals surface area contributed by atoms with Gasteiger partial charge in [-0.1, -0.05) is 0 Å². The largest absolute Gasteiger partial charge is 0.342 e. The number of piperidine rings is 1. The molecule has 3 aliphatic rings. The highest BCUT2D eigenvalue weighted by molar-refractivity contribution is 5.95. The second-order valence-electron chi connectivity index (χ2n) is 9.26. The van der Waals surface area contributed by atoms with E-state index in [0.29, 0.717) is 35.8 Å². The molecule has 3 fully saturated rings. The molecule has 5 heterocycles. The Morgan fingerprint density at radius 2 is 1.94 bits per heavy atom. The highest BCUT2D eigenvalue weighted by atomic mass is 16.2. The standard InChI is InChI=1S/C22H25N7O3/c1-14-15(13-23-29(14)21-24-18(30)17-4-2-9-28(17)25-21)19(31)27-10-5-22(6-11-27)12-16(22)20(32)26-7-3-8-26/h2,4,9,13,16H,3,5-8,10-12H2,1H3,(H,24,25,30). The number of amides is 2. The first-order valence-electron chi connectivity index (χ1n) is 11.2. The minimum Gasteiger partial charge on any atom is -0.342 e. The minimum atomic E-state index is -0.268. The molecule has 10 heteroatoms. The summed E-state index contributed by atoms with van der Waals surface area (Å²) in [5.74, 6) is 0.655. The first kappa shape index (κ1) is 19.3. The van der Waals surface area contributed by atoms with E-state index in [9.17, 15) is 14.4 Å². The predicted octanol–water partition coefficient (Wildman–Crippen LogP) is 0.991. The quantitative estimate of drug-likeness (QED) is 0.660. The summed E-state index contributed by atoms with van der Waals surface area (Å²) in [6, 6.07) is 3.43. The van der Waals surface area contributed by atoms with Gasteiger partial charge >= 0.3 is 0 Å². The van der Waals surface area contributed by atoms with Gasteiger partial charge in [-0.25, -0.2) is 9.20 Å². The Morgan fingerprint density at radius 3 is 2.66 bits per heavy atom. The average molecular weight is 435 g/mol. The first-order chi connectivity index (χ1) is 15.5. The molecule has 0 radical (unpaired) electrons. The summed E-state index contributed by atoms with van der Waals surface area (Å²) in [5, 5.41) is 8.71. The SMILES string of the molecule is Cc1c(C(=O)N2CCC3(CC2)CC3C(=O)N2CCC2)cnn1-c1nn2cccc2c(=O)[nH]1. The monoisotopic (exact) mass is 435 g/mol.